The van der Waals surface area contributed by atoms with Crippen molar-refractivity contribution >= 4 is 17.7 Å². The number of esters is 2. The highest BCUT2D eigenvalue weighted by atomic mass is 16.5. The van der Waals surface area contributed by atoms with Crippen molar-refractivity contribution in [2.75, 3.05) is 20.8 Å². The Morgan fingerprint density at radius 3 is 2.12 bits per heavy atom. The molecule has 132 valence electrons. The Balaban J connectivity index is 2.08. The van der Waals surface area contributed by atoms with E-state index in [0.717, 1.165) is 0 Å². The van der Waals surface area contributed by atoms with E-state index < -0.39 is 11.9 Å². The summed E-state index contributed by atoms with van der Waals surface area (Å²) in [4.78, 5) is 38.4. The number of H-pyrrole nitrogens is 1. The van der Waals surface area contributed by atoms with Crippen LogP contribution in [0.25, 0.3) is 0 Å². The standard InChI is InChI=1S/C18H19NO6/c1-10-15(18(22)24-4)11(2)19-16(10)14(20)9-25-13-7-5-12(6-8-13)17(21)23-3/h5-8,19H,9H2,1-4H3. The molecule has 1 N–H and O–H groups in total. The molecule has 0 saturated carbocycles. The van der Waals surface area contributed by atoms with E-state index in [4.69, 9.17) is 9.47 Å². The van der Waals surface area contributed by atoms with E-state index in [9.17, 15) is 14.4 Å². The molecule has 0 radical (unpaired) electrons. The zero-order valence-electron chi connectivity index (χ0n) is 14.5. The number of carbonyl (C=O) groups is 3. The maximum absolute atomic E-state index is 12.4. The second kappa shape index (κ2) is 7.65. The number of aromatic amines is 1. The highest BCUT2D eigenvalue weighted by Gasteiger charge is 2.22. The van der Waals surface area contributed by atoms with Crippen LogP contribution in [0, 0.1) is 13.8 Å². The number of ketones is 1. The van der Waals surface area contributed by atoms with Crippen LogP contribution < -0.4 is 4.74 Å². The summed E-state index contributed by atoms with van der Waals surface area (Å²) in [5.41, 5.74) is 2.14. The number of hydrogen-bond acceptors (Lipinski definition) is 6. The van der Waals surface area contributed by atoms with Crippen LogP contribution in [0.3, 0.4) is 0 Å². The molecule has 0 amide bonds. The third-order valence-electron chi connectivity index (χ3n) is 3.75. The monoisotopic (exact) mass is 345 g/mol. The quantitative estimate of drug-likeness (QED) is 0.638. The Kier molecular flexibility index (Phi) is 5.59. The molecule has 0 spiro atoms. The summed E-state index contributed by atoms with van der Waals surface area (Å²) in [6.07, 6.45) is 0. The SMILES string of the molecule is COC(=O)c1ccc(OCC(=O)c2[nH]c(C)c(C(=O)OC)c2C)cc1. The second-order valence-corrected chi connectivity index (χ2v) is 5.34. The predicted octanol–water partition coefficient (Wildman–Crippen LogP) is 2.47. The van der Waals surface area contributed by atoms with Gasteiger partial charge in [-0.25, -0.2) is 9.59 Å². The molecular formula is C18H19NO6. The van der Waals surface area contributed by atoms with E-state index in [1.54, 1.807) is 38.1 Å². The third kappa shape index (κ3) is 3.88. The first-order chi connectivity index (χ1) is 11.9. The van der Waals surface area contributed by atoms with Crippen molar-refractivity contribution in [2.45, 2.75) is 13.8 Å². The molecule has 0 aliphatic heterocycles. The van der Waals surface area contributed by atoms with Crippen molar-refractivity contribution in [1.82, 2.24) is 4.98 Å². The van der Waals surface area contributed by atoms with Crippen LogP contribution in [0.4, 0.5) is 0 Å². The van der Waals surface area contributed by atoms with Crippen molar-refractivity contribution in [3.05, 3.63) is 52.3 Å². The number of hydrogen-bond donors (Lipinski definition) is 1. The first kappa shape index (κ1) is 18.3. The van der Waals surface area contributed by atoms with Crippen LogP contribution in [-0.2, 0) is 9.47 Å². The van der Waals surface area contributed by atoms with Gasteiger partial charge < -0.3 is 19.2 Å². The maximum Gasteiger partial charge on any atom is 0.339 e. The third-order valence-corrected chi connectivity index (χ3v) is 3.75. The molecule has 0 bridgehead atoms. The molecule has 0 unspecified atom stereocenters. The molecule has 2 rings (SSSR count). The zero-order chi connectivity index (χ0) is 18.6. The fourth-order valence-corrected chi connectivity index (χ4v) is 2.46. The second-order valence-electron chi connectivity index (χ2n) is 5.34. The minimum Gasteiger partial charge on any atom is -0.485 e. The van der Waals surface area contributed by atoms with Gasteiger partial charge in [0.2, 0.25) is 5.78 Å². The van der Waals surface area contributed by atoms with E-state index in [-0.39, 0.29) is 12.4 Å². The van der Waals surface area contributed by atoms with Gasteiger partial charge in [0.25, 0.3) is 0 Å². The molecule has 0 saturated heterocycles. The van der Waals surface area contributed by atoms with E-state index in [2.05, 4.69) is 9.72 Å². The average Bonchev–Trinajstić information content (AvgIpc) is 2.93. The zero-order valence-corrected chi connectivity index (χ0v) is 14.5. The Labute approximate surface area is 144 Å². The first-order valence-electron chi connectivity index (χ1n) is 7.50. The van der Waals surface area contributed by atoms with E-state index >= 15 is 0 Å². The summed E-state index contributed by atoms with van der Waals surface area (Å²) in [5, 5.41) is 0. The van der Waals surface area contributed by atoms with Gasteiger partial charge in [-0.1, -0.05) is 0 Å². The van der Waals surface area contributed by atoms with Gasteiger partial charge in [-0.05, 0) is 43.7 Å². The van der Waals surface area contributed by atoms with Crippen molar-refractivity contribution in [3.8, 4) is 5.75 Å². The Morgan fingerprint density at radius 2 is 1.56 bits per heavy atom. The van der Waals surface area contributed by atoms with Gasteiger partial charge in [-0.15, -0.1) is 0 Å². The van der Waals surface area contributed by atoms with Gasteiger partial charge in [0.05, 0.1) is 31.0 Å². The summed E-state index contributed by atoms with van der Waals surface area (Å²) < 4.78 is 14.8. The van der Waals surface area contributed by atoms with Gasteiger partial charge in [0, 0.05) is 5.69 Å². The number of Topliss-reactive ketones (excluding diaryl/α,β-unsaturated/α-hetero) is 1. The van der Waals surface area contributed by atoms with Gasteiger partial charge in [0.1, 0.15) is 5.75 Å². The number of benzene rings is 1. The van der Waals surface area contributed by atoms with Gasteiger partial charge in [-0.3, -0.25) is 4.79 Å². The number of carbonyl (C=O) groups excluding carboxylic acids is 3. The number of methoxy groups -OCH3 is 2. The number of aryl methyl sites for hydroxylation is 1. The lowest BCUT2D eigenvalue weighted by Crippen LogP contribution is -2.13. The molecule has 0 fully saturated rings. The van der Waals surface area contributed by atoms with Crippen LogP contribution in [0.5, 0.6) is 5.75 Å². The highest BCUT2D eigenvalue weighted by Crippen LogP contribution is 2.20. The number of ether oxygens (including phenoxy) is 3. The van der Waals surface area contributed by atoms with Crippen LogP contribution in [0.1, 0.15) is 42.5 Å². The highest BCUT2D eigenvalue weighted by molar-refractivity contribution is 6.02. The molecule has 0 aliphatic carbocycles. The first-order valence-corrected chi connectivity index (χ1v) is 7.50. The van der Waals surface area contributed by atoms with Crippen LogP contribution in [0.2, 0.25) is 0 Å². The Morgan fingerprint density at radius 1 is 0.960 bits per heavy atom. The summed E-state index contributed by atoms with van der Waals surface area (Å²) in [7, 11) is 2.59. The molecule has 25 heavy (non-hydrogen) atoms. The fraction of sp³-hybridized carbons (Fsp3) is 0.278. The van der Waals surface area contributed by atoms with Gasteiger partial charge in [0.15, 0.2) is 6.61 Å². The maximum atomic E-state index is 12.4. The molecule has 0 atom stereocenters. The predicted molar refractivity (Wildman–Crippen MR) is 89.2 cm³/mol. The summed E-state index contributed by atoms with van der Waals surface area (Å²) >= 11 is 0. The van der Waals surface area contributed by atoms with Crippen molar-refractivity contribution in [1.29, 1.82) is 0 Å². The lowest BCUT2D eigenvalue weighted by atomic mass is 10.1. The summed E-state index contributed by atoms with van der Waals surface area (Å²) in [6.45, 7) is 3.16. The van der Waals surface area contributed by atoms with E-state index in [0.29, 0.717) is 33.8 Å². The van der Waals surface area contributed by atoms with E-state index in [1.165, 1.54) is 14.2 Å². The molecule has 7 nitrogen and oxygen atoms in total. The molecule has 1 heterocycles. The van der Waals surface area contributed by atoms with Crippen molar-refractivity contribution in [3.63, 3.8) is 0 Å². The van der Waals surface area contributed by atoms with Gasteiger partial charge in [-0.2, -0.15) is 0 Å². The Bertz CT molecular complexity index is 804. The minimum absolute atomic E-state index is 0.209. The lowest BCUT2D eigenvalue weighted by molar-refractivity contribution is 0.0591. The normalized spacial score (nSPS) is 10.2. The van der Waals surface area contributed by atoms with Crippen molar-refractivity contribution < 1.29 is 28.6 Å². The molecule has 7 heteroatoms. The van der Waals surface area contributed by atoms with Crippen LogP contribution in [-0.4, -0.2) is 43.5 Å². The Hall–Kier alpha value is -3.09. The minimum atomic E-state index is -0.496. The molecule has 1 aromatic heterocycles. The van der Waals surface area contributed by atoms with Crippen LogP contribution >= 0.6 is 0 Å². The largest absolute Gasteiger partial charge is 0.485 e. The van der Waals surface area contributed by atoms with Crippen LogP contribution in [0.15, 0.2) is 24.3 Å². The molecule has 0 aliphatic rings. The fourth-order valence-electron chi connectivity index (χ4n) is 2.46. The van der Waals surface area contributed by atoms with E-state index in [1.807, 2.05) is 0 Å². The number of rotatable bonds is 6. The smallest absolute Gasteiger partial charge is 0.339 e. The van der Waals surface area contributed by atoms with Crippen molar-refractivity contribution in [2.24, 2.45) is 0 Å². The van der Waals surface area contributed by atoms with Gasteiger partial charge >= 0.3 is 11.9 Å². The molecule has 2 aromatic rings. The number of aromatic nitrogens is 1. The number of nitrogens with one attached hydrogen (secondary N) is 1. The summed E-state index contributed by atoms with van der Waals surface area (Å²) in [6, 6.07) is 6.24. The molecule has 1 aromatic carbocycles. The summed E-state index contributed by atoms with van der Waals surface area (Å²) in [5.74, 6) is -0.803. The molecular weight excluding hydrogens is 326 g/mol. The average molecular weight is 345 g/mol. The lowest BCUT2D eigenvalue weighted by Gasteiger charge is -2.06. The topological polar surface area (TPSA) is 94.7 Å².